The van der Waals surface area contributed by atoms with Crippen molar-refractivity contribution < 1.29 is 23.9 Å². The summed E-state index contributed by atoms with van der Waals surface area (Å²) in [5.41, 5.74) is 6.42. The van der Waals surface area contributed by atoms with E-state index in [2.05, 4.69) is 10.6 Å². The number of carboxylic acid groups (broad SMARTS) is 1. The molecule has 0 radical (unpaired) electrons. The van der Waals surface area contributed by atoms with E-state index in [-0.39, 0.29) is 39.5 Å². The molecule has 3 rings (SSSR count). The fourth-order valence-electron chi connectivity index (χ4n) is 3.11. The Morgan fingerprint density at radius 3 is 2.24 bits per heavy atom. The van der Waals surface area contributed by atoms with Crippen molar-refractivity contribution in [3.05, 3.63) is 77.0 Å². The van der Waals surface area contributed by atoms with Crippen LogP contribution in [0.1, 0.15) is 57.6 Å². The number of carbonyl (C=O) groups excluding carboxylic acids is 2. The Morgan fingerprint density at radius 2 is 1.65 bits per heavy atom. The number of nitrogens with two attached hydrogens (primary N) is 1. The molecule has 3 aromatic rings. The van der Waals surface area contributed by atoms with Crippen LogP contribution in [0.4, 0.5) is 5.69 Å². The zero-order valence-corrected chi connectivity index (χ0v) is 19.1. The minimum atomic E-state index is -1.29. The Kier molecular flexibility index (Phi) is 6.86. The quantitative estimate of drug-likeness (QED) is 0.264. The molecule has 1 heterocycles. The number of hydrogen-bond acceptors (Lipinski definition) is 5. The summed E-state index contributed by atoms with van der Waals surface area (Å²) >= 11 is 0. The first-order valence-corrected chi connectivity index (χ1v) is 10.5. The van der Waals surface area contributed by atoms with E-state index in [0.29, 0.717) is 17.8 Å². The van der Waals surface area contributed by atoms with Crippen molar-refractivity contribution in [3.63, 3.8) is 0 Å². The largest absolute Gasteiger partial charge is 0.478 e. The molecule has 34 heavy (non-hydrogen) atoms. The molecule has 0 aliphatic heterocycles. The summed E-state index contributed by atoms with van der Waals surface area (Å²) in [7, 11) is 0. The second kappa shape index (κ2) is 9.62. The van der Waals surface area contributed by atoms with Gasteiger partial charge in [-0.1, -0.05) is 39.0 Å². The molecule has 0 aliphatic carbocycles. The molecule has 9 nitrogen and oxygen atoms in total. The second-order valence-corrected chi connectivity index (χ2v) is 8.89. The van der Waals surface area contributed by atoms with Crippen LogP contribution in [0.3, 0.4) is 0 Å². The normalized spacial score (nSPS) is 11.0. The number of benzene rings is 2. The van der Waals surface area contributed by atoms with Crippen LogP contribution < -0.4 is 16.4 Å². The number of nitrogens with one attached hydrogen (secondary N) is 3. The molecule has 0 bridgehead atoms. The van der Waals surface area contributed by atoms with Crippen LogP contribution in [-0.4, -0.2) is 35.3 Å². The minimum Gasteiger partial charge on any atom is -0.478 e. The Hall–Kier alpha value is -4.40. The molecule has 176 valence electrons. The number of carboxylic acids is 1. The van der Waals surface area contributed by atoms with E-state index in [1.165, 1.54) is 6.07 Å². The maximum Gasteiger partial charge on any atom is 0.339 e. The highest BCUT2D eigenvalue weighted by Gasteiger charge is 2.26. The third-order valence-corrected chi connectivity index (χ3v) is 4.84. The zero-order chi connectivity index (χ0) is 25.0. The number of aromatic carboxylic acids is 1. The summed E-state index contributed by atoms with van der Waals surface area (Å²) in [4.78, 5) is 37.4. The molecular weight excluding hydrogens is 436 g/mol. The van der Waals surface area contributed by atoms with Crippen LogP contribution >= 0.6 is 0 Å². The van der Waals surface area contributed by atoms with Crippen LogP contribution in [-0.2, 0) is 0 Å². The number of amidine groups is 1. The molecule has 0 saturated heterocycles. The molecule has 0 spiro atoms. The van der Waals surface area contributed by atoms with E-state index in [4.69, 9.17) is 15.6 Å². The van der Waals surface area contributed by atoms with E-state index < -0.39 is 17.8 Å². The lowest BCUT2D eigenvalue weighted by Crippen LogP contribution is -2.32. The fourth-order valence-corrected chi connectivity index (χ4v) is 3.11. The molecule has 0 atom stereocenters. The summed E-state index contributed by atoms with van der Waals surface area (Å²) in [6.07, 6.45) is 0. The van der Waals surface area contributed by atoms with Gasteiger partial charge >= 0.3 is 5.97 Å². The van der Waals surface area contributed by atoms with E-state index in [1.807, 2.05) is 20.8 Å². The number of amides is 2. The average molecular weight is 463 g/mol. The molecule has 6 N–H and O–H groups in total. The summed E-state index contributed by atoms with van der Waals surface area (Å²) in [5, 5.41) is 22.6. The van der Waals surface area contributed by atoms with Gasteiger partial charge in [-0.15, -0.1) is 0 Å². The van der Waals surface area contributed by atoms with E-state index >= 15 is 0 Å². The Morgan fingerprint density at radius 1 is 1.00 bits per heavy atom. The van der Waals surface area contributed by atoms with E-state index in [9.17, 15) is 19.5 Å². The fraction of sp³-hybridized carbons (Fsp3) is 0.200. The zero-order valence-electron chi connectivity index (χ0n) is 19.1. The second-order valence-electron chi connectivity index (χ2n) is 8.89. The highest BCUT2D eigenvalue weighted by atomic mass is 16.4. The van der Waals surface area contributed by atoms with Crippen LogP contribution in [0.5, 0.6) is 0 Å². The van der Waals surface area contributed by atoms with Crippen molar-refractivity contribution >= 4 is 29.3 Å². The van der Waals surface area contributed by atoms with E-state index in [1.54, 1.807) is 42.5 Å². The number of carbonyl (C=O) groups is 3. The van der Waals surface area contributed by atoms with Gasteiger partial charge in [-0.05, 0) is 35.7 Å². The van der Waals surface area contributed by atoms with Crippen molar-refractivity contribution in [2.45, 2.75) is 20.8 Å². The van der Waals surface area contributed by atoms with Crippen LogP contribution in [0.15, 0.2) is 59.0 Å². The lowest BCUT2D eigenvalue weighted by Gasteiger charge is -2.17. The monoisotopic (exact) mass is 462 g/mol. The van der Waals surface area contributed by atoms with Gasteiger partial charge in [-0.3, -0.25) is 15.0 Å². The summed E-state index contributed by atoms with van der Waals surface area (Å²) in [6.45, 7) is 6.22. The summed E-state index contributed by atoms with van der Waals surface area (Å²) < 4.78 is 5.66. The molecule has 1 aromatic heterocycles. The maximum absolute atomic E-state index is 13.0. The van der Waals surface area contributed by atoms with Gasteiger partial charge in [-0.2, -0.15) is 0 Å². The standard InChI is InChI=1S/C25H26N4O5/c1-25(2,3)13-28-23(31)19-12-18(24(32)33)20(34-19)16-6-4-5-7-17(16)22(30)29-15-10-8-14(9-11-15)21(26)27/h4-12H,13H2,1-3H3,(H3,26,27)(H,28,31)(H,29,30)(H,32,33). The van der Waals surface area contributed by atoms with Gasteiger partial charge in [0.25, 0.3) is 11.8 Å². The first kappa shape index (κ1) is 24.2. The maximum atomic E-state index is 13.0. The number of nitrogen functional groups attached to an aromatic ring is 1. The lowest BCUT2D eigenvalue weighted by molar-refractivity contribution is 0.0696. The topological polar surface area (TPSA) is 159 Å². The molecule has 0 saturated carbocycles. The van der Waals surface area contributed by atoms with Gasteiger partial charge in [-0.25, -0.2) is 4.79 Å². The number of hydrogen-bond donors (Lipinski definition) is 5. The van der Waals surface area contributed by atoms with Crippen molar-refractivity contribution in [1.29, 1.82) is 5.41 Å². The third-order valence-electron chi connectivity index (χ3n) is 4.84. The summed E-state index contributed by atoms with van der Waals surface area (Å²) in [5.74, 6) is -2.68. The Labute approximate surface area is 196 Å². The molecule has 2 aromatic carbocycles. The van der Waals surface area contributed by atoms with Gasteiger partial charge in [0, 0.05) is 29.4 Å². The molecule has 0 fully saturated rings. The highest BCUT2D eigenvalue weighted by molar-refractivity contribution is 6.10. The predicted molar refractivity (Wildman–Crippen MR) is 128 cm³/mol. The Bertz CT molecular complexity index is 1250. The highest BCUT2D eigenvalue weighted by Crippen LogP contribution is 2.31. The van der Waals surface area contributed by atoms with Crippen molar-refractivity contribution in [3.8, 4) is 11.3 Å². The number of anilines is 1. The average Bonchev–Trinajstić information content (AvgIpc) is 3.23. The minimum absolute atomic E-state index is 0.0916. The predicted octanol–water partition coefficient (Wildman–Crippen LogP) is 3.96. The van der Waals surface area contributed by atoms with Gasteiger partial charge in [0.15, 0.2) is 5.76 Å². The van der Waals surface area contributed by atoms with Gasteiger partial charge < -0.3 is 25.9 Å². The van der Waals surface area contributed by atoms with Crippen LogP contribution in [0.25, 0.3) is 11.3 Å². The number of rotatable bonds is 7. The smallest absolute Gasteiger partial charge is 0.339 e. The third kappa shape index (κ3) is 5.69. The van der Waals surface area contributed by atoms with Crippen molar-refractivity contribution in [2.75, 3.05) is 11.9 Å². The van der Waals surface area contributed by atoms with Crippen molar-refractivity contribution in [2.24, 2.45) is 11.1 Å². The molecule has 9 heteroatoms. The first-order valence-electron chi connectivity index (χ1n) is 10.5. The van der Waals surface area contributed by atoms with Crippen LogP contribution in [0.2, 0.25) is 0 Å². The van der Waals surface area contributed by atoms with Gasteiger partial charge in [0.1, 0.15) is 17.2 Å². The number of furan rings is 1. The van der Waals surface area contributed by atoms with Crippen molar-refractivity contribution in [1.82, 2.24) is 5.32 Å². The SMILES string of the molecule is CC(C)(C)CNC(=O)c1cc(C(=O)O)c(-c2ccccc2C(=O)Nc2ccc(C(=N)N)cc2)o1. The summed E-state index contributed by atoms with van der Waals surface area (Å²) in [6, 6.07) is 13.9. The molecular formula is C25H26N4O5. The Balaban J connectivity index is 1.94. The molecule has 2 amide bonds. The van der Waals surface area contributed by atoms with Gasteiger partial charge in [0.2, 0.25) is 0 Å². The van der Waals surface area contributed by atoms with Crippen LogP contribution in [0, 0.1) is 10.8 Å². The molecule has 0 aliphatic rings. The van der Waals surface area contributed by atoms with Gasteiger partial charge in [0.05, 0.1) is 5.56 Å². The lowest BCUT2D eigenvalue weighted by atomic mass is 9.97. The molecule has 0 unspecified atom stereocenters. The van der Waals surface area contributed by atoms with E-state index in [0.717, 1.165) is 6.07 Å². The first-order chi connectivity index (χ1) is 16.0.